The van der Waals surface area contributed by atoms with Crippen molar-refractivity contribution in [2.45, 2.75) is 38.4 Å². The standard InChI is InChI=1S/C24H29FN4O3/c1-17(23(30)27-20-6-7-20)28-12-14-29(15-13-28)24(31)26-16-18-2-8-21(9-3-18)32-22-10-4-19(25)5-11-22/h2-5,8-11,17,20H,6-7,12-16H2,1H3,(H,26,31)(H,27,30). The molecule has 8 heteroatoms. The van der Waals surface area contributed by atoms with Crippen molar-refractivity contribution in [2.75, 3.05) is 26.2 Å². The maximum atomic E-state index is 13.0. The van der Waals surface area contributed by atoms with Crippen LogP contribution >= 0.6 is 0 Å². The van der Waals surface area contributed by atoms with E-state index in [1.165, 1.54) is 12.1 Å². The number of ether oxygens (including phenoxy) is 1. The largest absolute Gasteiger partial charge is 0.457 e. The molecule has 2 fully saturated rings. The molecule has 1 aliphatic heterocycles. The quantitative estimate of drug-likeness (QED) is 0.694. The molecule has 7 nitrogen and oxygen atoms in total. The number of hydrogen-bond acceptors (Lipinski definition) is 4. The molecule has 1 heterocycles. The maximum Gasteiger partial charge on any atom is 0.317 e. The highest BCUT2D eigenvalue weighted by atomic mass is 19.1. The Kier molecular flexibility index (Phi) is 6.90. The third kappa shape index (κ3) is 5.97. The Bertz CT molecular complexity index is 923. The molecule has 0 radical (unpaired) electrons. The zero-order valence-electron chi connectivity index (χ0n) is 18.2. The summed E-state index contributed by atoms with van der Waals surface area (Å²) < 4.78 is 18.7. The van der Waals surface area contributed by atoms with Crippen LogP contribution in [-0.4, -0.2) is 60.0 Å². The van der Waals surface area contributed by atoms with E-state index in [1.54, 1.807) is 17.0 Å². The van der Waals surface area contributed by atoms with Crippen LogP contribution in [-0.2, 0) is 11.3 Å². The second-order valence-electron chi connectivity index (χ2n) is 8.34. The predicted molar refractivity (Wildman–Crippen MR) is 119 cm³/mol. The molecule has 2 N–H and O–H groups in total. The number of urea groups is 1. The highest BCUT2D eigenvalue weighted by molar-refractivity contribution is 5.82. The molecule has 170 valence electrons. The highest BCUT2D eigenvalue weighted by Crippen LogP contribution is 2.22. The van der Waals surface area contributed by atoms with E-state index < -0.39 is 0 Å². The van der Waals surface area contributed by atoms with Gasteiger partial charge in [0.2, 0.25) is 5.91 Å². The van der Waals surface area contributed by atoms with Gasteiger partial charge in [-0.15, -0.1) is 0 Å². The van der Waals surface area contributed by atoms with Crippen LogP contribution in [0.2, 0.25) is 0 Å². The van der Waals surface area contributed by atoms with Gasteiger partial charge in [0.1, 0.15) is 17.3 Å². The molecule has 2 aliphatic rings. The van der Waals surface area contributed by atoms with Crippen molar-refractivity contribution >= 4 is 11.9 Å². The molecule has 2 aromatic rings. The van der Waals surface area contributed by atoms with E-state index in [2.05, 4.69) is 15.5 Å². The van der Waals surface area contributed by atoms with E-state index in [9.17, 15) is 14.0 Å². The number of carbonyl (C=O) groups excluding carboxylic acids is 2. The first-order valence-corrected chi connectivity index (χ1v) is 11.1. The van der Waals surface area contributed by atoms with Gasteiger partial charge in [0.15, 0.2) is 0 Å². The van der Waals surface area contributed by atoms with Crippen molar-refractivity contribution in [1.82, 2.24) is 20.4 Å². The highest BCUT2D eigenvalue weighted by Gasteiger charge is 2.30. The van der Waals surface area contributed by atoms with Crippen molar-refractivity contribution in [3.8, 4) is 11.5 Å². The molecule has 1 saturated heterocycles. The zero-order chi connectivity index (χ0) is 22.5. The van der Waals surface area contributed by atoms with E-state index in [0.29, 0.717) is 50.3 Å². The summed E-state index contributed by atoms with van der Waals surface area (Å²) in [4.78, 5) is 28.7. The summed E-state index contributed by atoms with van der Waals surface area (Å²) in [7, 11) is 0. The number of nitrogens with one attached hydrogen (secondary N) is 2. The van der Waals surface area contributed by atoms with Gasteiger partial charge >= 0.3 is 6.03 Å². The SMILES string of the molecule is CC(C(=O)NC1CC1)N1CCN(C(=O)NCc2ccc(Oc3ccc(F)cc3)cc2)CC1. The van der Waals surface area contributed by atoms with Crippen molar-refractivity contribution in [2.24, 2.45) is 0 Å². The van der Waals surface area contributed by atoms with Crippen molar-refractivity contribution in [3.05, 3.63) is 59.9 Å². The molecular weight excluding hydrogens is 411 g/mol. The van der Waals surface area contributed by atoms with Crippen molar-refractivity contribution in [1.29, 1.82) is 0 Å². The molecule has 2 aromatic carbocycles. The fourth-order valence-corrected chi connectivity index (χ4v) is 3.63. The summed E-state index contributed by atoms with van der Waals surface area (Å²) >= 11 is 0. The van der Waals surface area contributed by atoms with Crippen LogP contribution in [0.25, 0.3) is 0 Å². The molecule has 0 spiro atoms. The molecule has 1 saturated carbocycles. The van der Waals surface area contributed by atoms with Crippen molar-refractivity contribution in [3.63, 3.8) is 0 Å². The Morgan fingerprint density at radius 3 is 2.19 bits per heavy atom. The number of benzene rings is 2. The minimum absolute atomic E-state index is 0.0808. The van der Waals surface area contributed by atoms with Crippen LogP contribution in [0.1, 0.15) is 25.3 Å². The molecular formula is C24H29FN4O3. The Labute approximate surface area is 187 Å². The Balaban J connectivity index is 1.19. The van der Waals surface area contributed by atoms with Gasteiger partial charge in [0.05, 0.1) is 6.04 Å². The van der Waals surface area contributed by atoms with Crippen LogP contribution in [0.4, 0.5) is 9.18 Å². The second-order valence-corrected chi connectivity index (χ2v) is 8.34. The lowest BCUT2D eigenvalue weighted by molar-refractivity contribution is -0.126. The Morgan fingerprint density at radius 2 is 1.59 bits per heavy atom. The van der Waals surface area contributed by atoms with E-state index in [0.717, 1.165) is 18.4 Å². The van der Waals surface area contributed by atoms with Gasteiger partial charge < -0.3 is 20.3 Å². The van der Waals surface area contributed by atoms with Crippen LogP contribution in [0.3, 0.4) is 0 Å². The van der Waals surface area contributed by atoms with Crippen LogP contribution in [0.5, 0.6) is 11.5 Å². The Hall–Kier alpha value is -3.13. The first-order chi connectivity index (χ1) is 15.5. The van der Waals surface area contributed by atoms with Crippen LogP contribution < -0.4 is 15.4 Å². The smallest absolute Gasteiger partial charge is 0.317 e. The van der Waals surface area contributed by atoms with Crippen molar-refractivity contribution < 1.29 is 18.7 Å². The number of amides is 3. The molecule has 1 aliphatic carbocycles. The molecule has 32 heavy (non-hydrogen) atoms. The van der Waals surface area contributed by atoms with Gasteiger partial charge in [0.25, 0.3) is 0 Å². The maximum absolute atomic E-state index is 13.0. The van der Waals surface area contributed by atoms with Gasteiger partial charge in [0, 0.05) is 38.8 Å². The third-order valence-electron chi connectivity index (χ3n) is 5.87. The fourth-order valence-electron chi connectivity index (χ4n) is 3.63. The second kappa shape index (κ2) is 9.99. The van der Waals surface area contributed by atoms with Gasteiger partial charge in [-0.3, -0.25) is 9.69 Å². The minimum Gasteiger partial charge on any atom is -0.457 e. The Morgan fingerprint density at radius 1 is 1.00 bits per heavy atom. The third-order valence-corrected chi connectivity index (χ3v) is 5.87. The van der Waals surface area contributed by atoms with Gasteiger partial charge in [-0.25, -0.2) is 9.18 Å². The number of piperazine rings is 1. The van der Waals surface area contributed by atoms with Gasteiger partial charge in [-0.05, 0) is 61.7 Å². The predicted octanol–water partition coefficient (Wildman–Crippen LogP) is 3.11. The number of nitrogens with zero attached hydrogens (tertiary/aromatic N) is 2. The summed E-state index contributed by atoms with van der Waals surface area (Å²) in [5.74, 6) is 0.976. The average Bonchev–Trinajstić information content (AvgIpc) is 3.63. The molecule has 3 amide bonds. The summed E-state index contributed by atoms with van der Waals surface area (Å²) in [5.41, 5.74) is 0.953. The minimum atomic E-state index is -0.307. The number of carbonyl (C=O) groups is 2. The topological polar surface area (TPSA) is 73.9 Å². The fraction of sp³-hybridized carbons (Fsp3) is 0.417. The van der Waals surface area contributed by atoms with Gasteiger partial charge in [-0.2, -0.15) is 0 Å². The van der Waals surface area contributed by atoms with Gasteiger partial charge in [-0.1, -0.05) is 12.1 Å². The first kappa shape index (κ1) is 22.1. The first-order valence-electron chi connectivity index (χ1n) is 11.1. The molecule has 0 aromatic heterocycles. The van der Waals surface area contributed by atoms with Crippen LogP contribution in [0.15, 0.2) is 48.5 Å². The number of hydrogen-bond donors (Lipinski definition) is 2. The number of rotatable bonds is 7. The number of halogens is 1. The monoisotopic (exact) mass is 440 g/mol. The molecule has 1 atom stereocenters. The van der Waals surface area contributed by atoms with Crippen LogP contribution in [0, 0.1) is 5.82 Å². The summed E-state index contributed by atoms with van der Waals surface area (Å²) in [6.45, 7) is 4.89. The van der Waals surface area contributed by atoms with E-state index in [1.807, 2.05) is 31.2 Å². The lowest BCUT2D eigenvalue weighted by Gasteiger charge is -2.37. The lowest BCUT2D eigenvalue weighted by Crippen LogP contribution is -2.56. The molecule has 1 unspecified atom stereocenters. The normalized spacial score (nSPS) is 17.5. The van der Waals surface area contributed by atoms with E-state index in [-0.39, 0.29) is 23.8 Å². The zero-order valence-corrected chi connectivity index (χ0v) is 18.2. The molecule has 4 rings (SSSR count). The average molecular weight is 441 g/mol. The summed E-state index contributed by atoms with van der Waals surface area (Å²) in [6, 6.07) is 13.3. The lowest BCUT2D eigenvalue weighted by atomic mass is 10.2. The van der Waals surface area contributed by atoms with E-state index in [4.69, 9.17) is 4.74 Å². The summed E-state index contributed by atoms with van der Waals surface area (Å²) in [5, 5.41) is 6.00. The molecule has 0 bridgehead atoms. The van der Waals surface area contributed by atoms with E-state index >= 15 is 0 Å². The summed E-state index contributed by atoms with van der Waals surface area (Å²) in [6.07, 6.45) is 2.16.